The molecule has 1 aliphatic heterocycles. The van der Waals surface area contributed by atoms with Crippen LogP contribution in [0.1, 0.15) is 11.5 Å². The Balaban J connectivity index is 0.00000225. The van der Waals surface area contributed by atoms with E-state index in [0.29, 0.717) is 18.0 Å². The van der Waals surface area contributed by atoms with Crippen molar-refractivity contribution in [3.05, 3.63) is 60.2 Å². The molecule has 1 saturated heterocycles. The van der Waals surface area contributed by atoms with Crippen LogP contribution < -0.4 is 15.8 Å². The van der Waals surface area contributed by atoms with E-state index in [1.807, 2.05) is 42.5 Å². The molecule has 1 heterocycles. The van der Waals surface area contributed by atoms with Gasteiger partial charge < -0.3 is 15.8 Å². The van der Waals surface area contributed by atoms with Crippen LogP contribution in [0.15, 0.2) is 54.6 Å². The first kappa shape index (κ1) is 19.2. The molecule has 2 aromatic carbocycles. The lowest BCUT2D eigenvalue weighted by atomic mass is 9.95. The van der Waals surface area contributed by atoms with Crippen molar-refractivity contribution in [2.45, 2.75) is 12.0 Å². The summed E-state index contributed by atoms with van der Waals surface area (Å²) in [6.45, 7) is 1.85. The molecule has 0 aliphatic carbocycles. The van der Waals surface area contributed by atoms with Crippen molar-refractivity contribution in [1.29, 1.82) is 0 Å². The fraction of sp³-hybridized carbons (Fsp3) is 0.316. The summed E-state index contributed by atoms with van der Waals surface area (Å²) < 4.78 is 5.26. The summed E-state index contributed by atoms with van der Waals surface area (Å²) in [5.41, 5.74) is 8.20. The Morgan fingerprint density at radius 2 is 1.84 bits per heavy atom. The molecule has 0 aromatic heterocycles. The van der Waals surface area contributed by atoms with Crippen LogP contribution in [0.5, 0.6) is 5.75 Å². The molecule has 3 N–H and O–H groups in total. The molecule has 25 heavy (non-hydrogen) atoms. The summed E-state index contributed by atoms with van der Waals surface area (Å²) in [6.07, 6.45) is 0. The molecule has 134 valence electrons. The highest BCUT2D eigenvalue weighted by molar-refractivity contribution is 5.93. The highest BCUT2D eigenvalue weighted by atomic mass is 35.5. The Morgan fingerprint density at radius 1 is 1.16 bits per heavy atom. The summed E-state index contributed by atoms with van der Waals surface area (Å²) >= 11 is 0. The Kier molecular flexibility index (Phi) is 6.82. The molecular formula is C19H24ClN3O2. The van der Waals surface area contributed by atoms with E-state index in [1.165, 1.54) is 5.56 Å². The maximum Gasteiger partial charge on any atom is 0.238 e. The predicted molar refractivity (Wildman–Crippen MR) is 102 cm³/mol. The van der Waals surface area contributed by atoms with E-state index in [9.17, 15) is 4.79 Å². The highest BCUT2D eigenvalue weighted by Crippen LogP contribution is 2.27. The highest BCUT2D eigenvalue weighted by Gasteiger charge is 2.32. The van der Waals surface area contributed by atoms with Crippen LogP contribution in [-0.4, -0.2) is 43.6 Å². The van der Waals surface area contributed by atoms with Gasteiger partial charge in [0, 0.05) is 25.0 Å². The number of carbonyl (C=O) groups excluding carboxylic acids is 1. The van der Waals surface area contributed by atoms with Gasteiger partial charge in [-0.2, -0.15) is 0 Å². The van der Waals surface area contributed by atoms with E-state index in [2.05, 4.69) is 22.3 Å². The third kappa shape index (κ3) is 4.72. The number of amides is 1. The van der Waals surface area contributed by atoms with E-state index >= 15 is 0 Å². The van der Waals surface area contributed by atoms with E-state index in [1.54, 1.807) is 7.11 Å². The smallest absolute Gasteiger partial charge is 0.238 e. The fourth-order valence-electron chi connectivity index (χ4n) is 3.24. The number of methoxy groups -OCH3 is 1. The van der Waals surface area contributed by atoms with Gasteiger partial charge in [0.15, 0.2) is 0 Å². The van der Waals surface area contributed by atoms with Crippen molar-refractivity contribution in [3.8, 4) is 5.75 Å². The van der Waals surface area contributed by atoms with Crippen LogP contribution in [-0.2, 0) is 4.79 Å². The fourth-order valence-corrected chi connectivity index (χ4v) is 3.24. The summed E-state index contributed by atoms with van der Waals surface area (Å²) in [5, 5.41) is 2.91. The molecule has 3 rings (SSSR count). The van der Waals surface area contributed by atoms with Crippen molar-refractivity contribution >= 4 is 24.0 Å². The summed E-state index contributed by atoms with van der Waals surface area (Å²) in [6, 6.07) is 17.7. The van der Waals surface area contributed by atoms with Crippen molar-refractivity contribution in [1.82, 2.24) is 4.90 Å². The summed E-state index contributed by atoms with van der Waals surface area (Å²) in [7, 11) is 1.59. The molecule has 0 spiro atoms. The predicted octanol–water partition coefficient (Wildman–Crippen LogP) is 2.48. The molecule has 0 radical (unpaired) electrons. The number of para-hydroxylation sites is 2. The third-order valence-electron chi connectivity index (χ3n) is 4.42. The standard InChI is InChI=1S/C19H23N3O2.ClH/c1-24-18-10-6-5-9-17(18)21-19(23)13-22-11-15(16(20)12-22)14-7-3-2-4-8-14;/h2-10,15-16H,11-13,20H2,1H3,(H,21,23);1H/t15-,16+;/m0./s1. The second kappa shape index (κ2) is 8.85. The van der Waals surface area contributed by atoms with Gasteiger partial charge in [-0.15, -0.1) is 12.4 Å². The number of hydrogen-bond donors (Lipinski definition) is 2. The zero-order chi connectivity index (χ0) is 16.9. The Labute approximate surface area is 154 Å². The van der Waals surface area contributed by atoms with Crippen molar-refractivity contribution in [3.63, 3.8) is 0 Å². The number of nitrogens with two attached hydrogens (primary N) is 1. The number of likely N-dealkylation sites (tertiary alicyclic amines) is 1. The number of nitrogens with zero attached hydrogens (tertiary/aromatic N) is 1. The van der Waals surface area contributed by atoms with Crippen LogP contribution >= 0.6 is 12.4 Å². The number of halogens is 1. The molecule has 6 heteroatoms. The van der Waals surface area contributed by atoms with E-state index in [0.717, 1.165) is 13.1 Å². The molecule has 0 unspecified atom stereocenters. The zero-order valence-corrected chi connectivity index (χ0v) is 15.0. The van der Waals surface area contributed by atoms with Gasteiger partial charge in [-0.1, -0.05) is 42.5 Å². The first-order chi connectivity index (χ1) is 11.7. The topological polar surface area (TPSA) is 67.6 Å². The van der Waals surface area contributed by atoms with Crippen LogP contribution in [0.2, 0.25) is 0 Å². The van der Waals surface area contributed by atoms with Gasteiger partial charge >= 0.3 is 0 Å². The number of hydrogen-bond acceptors (Lipinski definition) is 4. The number of nitrogens with one attached hydrogen (secondary N) is 1. The van der Waals surface area contributed by atoms with E-state index in [-0.39, 0.29) is 30.3 Å². The van der Waals surface area contributed by atoms with Gasteiger partial charge in [-0.25, -0.2) is 0 Å². The largest absolute Gasteiger partial charge is 0.495 e. The first-order valence-electron chi connectivity index (χ1n) is 8.13. The number of benzene rings is 2. The average Bonchev–Trinajstić information content (AvgIpc) is 2.96. The molecule has 2 atom stereocenters. The Hall–Kier alpha value is -2.08. The number of anilines is 1. The van der Waals surface area contributed by atoms with Gasteiger partial charge in [-0.05, 0) is 17.7 Å². The summed E-state index contributed by atoms with van der Waals surface area (Å²) in [4.78, 5) is 14.4. The Bertz CT molecular complexity index is 696. The molecule has 0 bridgehead atoms. The quantitative estimate of drug-likeness (QED) is 0.858. The maximum atomic E-state index is 12.3. The molecule has 1 aliphatic rings. The first-order valence-corrected chi connectivity index (χ1v) is 8.13. The van der Waals surface area contributed by atoms with E-state index < -0.39 is 0 Å². The van der Waals surface area contributed by atoms with Crippen molar-refractivity contribution in [2.24, 2.45) is 5.73 Å². The normalized spacial score (nSPS) is 19.9. The van der Waals surface area contributed by atoms with Crippen LogP contribution in [0.4, 0.5) is 5.69 Å². The van der Waals surface area contributed by atoms with E-state index in [4.69, 9.17) is 10.5 Å². The van der Waals surface area contributed by atoms with Crippen molar-refractivity contribution in [2.75, 3.05) is 32.1 Å². The molecule has 2 aromatic rings. The molecule has 5 nitrogen and oxygen atoms in total. The van der Waals surface area contributed by atoms with Crippen LogP contribution in [0.25, 0.3) is 0 Å². The van der Waals surface area contributed by atoms with Gasteiger partial charge in [-0.3, -0.25) is 9.69 Å². The monoisotopic (exact) mass is 361 g/mol. The minimum atomic E-state index is -0.0552. The number of rotatable bonds is 5. The maximum absolute atomic E-state index is 12.3. The zero-order valence-electron chi connectivity index (χ0n) is 14.2. The minimum Gasteiger partial charge on any atom is -0.495 e. The molecular weight excluding hydrogens is 338 g/mol. The lowest BCUT2D eigenvalue weighted by molar-refractivity contribution is -0.117. The van der Waals surface area contributed by atoms with Gasteiger partial charge in [0.25, 0.3) is 0 Å². The van der Waals surface area contributed by atoms with Gasteiger partial charge in [0.05, 0.1) is 19.3 Å². The lowest BCUT2D eigenvalue weighted by Crippen LogP contribution is -2.33. The van der Waals surface area contributed by atoms with Gasteiger partial charge in [0.2, 0.25) is 5.91 Å². The van der Waals surface area contributed by atoms with Gasteiger partial charge in [0.1, 0.15) is 5.75 Å². The molecule has 0 saturated carbocycles. The van der Waals surface area contributed by atoms with Crippen LogP contribution in [0.3, 0.4) is 0 Å². The molecule has 1 amide bonds. The minimum absolute atomic E-state index is 0. The third-order valence-corrected chi connectivity index (χ3v) is 4.42. The van der Waals surface area contributed by atoms with Crippen LogP contribution in [0, 0.1) is 0 Å². The molecule has 1 fully saturated rings. The summed E-state index contributed by atoms with van der Waals surface area (Å²) in [5.74, 6) is 0.872. The Morgan fingerprint density at radius 3 is 2.56 bits per heavy atom. The average molecular weight is 362 g/mol. The number of ether oxygens (including phenoxy) is 1. The second-order valence-electron chi connectivity index (χ2n) is 6.12. The lowest BCUT2D eigenvalue weighted by Gasteiger charge is -2.16. The SMILES string of the molecule is COc1ccccc1NC(=O)CN1C[C@@H](N)[C@H](c2ccccc2)C1.Cl. The second-order valence-corrected chi connectivity index (χ2v) is 6.12. The number of carbonyl (C=O) groups is 1. The van der Waals surface area contributed by atoms with Crippen molar-refractivity contribution < 1.29 is 9.53 Å².